The van der Waals surface area contributed by atoms with Gasteiger partial charge in [-0.05, 0) is 39.8 Å². The first kappa shape index (κ1) is 13.5. The number of rotatable bonds is 2. The van der Waals surface area contributed by atoms with Crippen molar-refractivity contribution in [2.45, 2.75) is 39.8 Å². The number of amides is 1. The molecule has 0 spiro atoms. The van der Waals surface area contributed by atoms with Gasteiger partial charge in [0.05, 0.1) is 11.4 Å². The summed E-state index contributed by atoms with van der Waals surface area (Å²) in [5.74, 6) is -0.134. The van der Waals surface area contributed by atoms with Crippen molar-refractivity contribution < 1.29 is 4.79 Å². The van der Waals surface area contributed by atoms with Gasteiger partial charge >= 0.3 is 0 Å². The molecule has 1 aliphatic rings. The van der Waals surface area contributed by atoms with Crippen LogP contribution in [0.1, 0.15) is 27.7 Å². The Morgan fingerprint density at radius 3 is 2.11 bits per heavy atom. The van der Waals surface area contributed by atoms with Crippen molar-refractivity contribution >= 4 is 17.3 Å². The fourth-order valence-electron chi connectivity index (χ4n) is 2.35. The van der Waals surface area contributed by atoms with E-state index in [-0.39, 0.29) is 23.7 Å². The van der Waals surface area contributed by atoms with Gasteiger partial charge in [-0.2, -0.15) is 0 Å². The van der Waals surface area contributed by atoms with Crippen molar-refractivity contribution in [3.63, 3.8) is 0 Å². The molecule has 4 heteroatoms. The van der Waals surface area contributed by atoms with Crippen LogP contribution in [0.3, 0.4) is 0 Å². The van der Waals surface area contributed by atoms with Gasteiger partial charge in [-0.15, -0.1) is 0 Å². The van der Waals surface area contributed by atoms with E-state index in [1.165, 1.54) is 0 Å². The molecule has 0 bridgehead atoms. The zero-order valence-corrected chi connectivity index (χ0v) is 11.9. The number of carbonyl (C=O) groups is 1. The number of hydrogen-bond acceptors (Lipinski definition) is 3. The minimum atomic E-state index is -0.134. The van der Waals surface area contributed by atoms with Gasteiger partial charge in [-0.3, -0.25) is 4.79 Å². The molecule has 1 aliphatic heterocycles. The van der Waals surface area contributed by atoms with Crippen LogP contribution in [0, 0.1) is 0 Å². The first-order valence-corrected chi connectivity index (χ1v) is 6.61. The summed E-state index contributed by atoms with van der Waals surface area (Å²) >= 11 is 0. The highest BCUT2D eigenvalue weighted by Crippen LogP contribution is 2.35. The molecule has 102 valence electrons. The van der Waals surface area contributed by atoms with E-state index < -0.39 is 0 Å². The number of para-hydroxylation sites is 2. The smallest absolute Gasteiger partial charge is 0.275 e. The number of carbonyl (C=O) groups excluding carboxylic acids is 1. The lowest BCUT2D eigenvalue weighted by molar-refractivity contribution is -0.115. The first-order valence-electron chi connectivity index (χ1n) is 6.61. The summed E-state index contributed by atoms with van der Waals surface area (Å²) in [6.07, 6.45) is 1.74. The molecular formula is C15H21N3O. The highest BCUT2D eigenvalue weighted by Gasteiger charge is 2.29. The van der Waals surface area contributed by atoms with E-state index in [0.717, 1.165) is 11.4 Å². The quantitative estimate of drug-likeness (QED) is 0.887. The predicted octanol–water partition coefficient (Wildman–Crippen LogP) is 2.46. The Morgan fingerprint density at radius 2 is 1.58 bits per heavy atom. The number of nitrogens with two attached hydrogens (primary N) is 1. The van der Waals surface area contributed by atoms with Crippen LogP contribution in [0.15, 0.2) is 36.2 Å². The minimum Gasteiger partial charge on any atom is -0.393 e. The zero-order chi connectivity index (χ0) is 14.2. The average molecular weight is 259 g/mol. The molecule has 2 N–H and O–H groups in total. The number of fused-ring (bicyclic) bond motifs is 1. The highest BCUT2D eigenvalue weighted by atomic mass is 16.2. The molecule has 2 rings (SSSR count). The number of hydrogen-bond donors (Lipinski definition) is 1. The molecule has 0 aromatic heterocycles. The molecule has 0 aliphatic carbocycles. The standard InChI is InChI=1S/C15H21N3O/c1-10(2)17-9-12(16)15(19)18(11(3)4)14-8-6-5-7-13(14)17/h5-11H,16H2,1-4H3. The molecule has 0 radical (unpaired) electrons. The van der Waals surface area contributed by atoms with Crippen molar-refractivity contribution in [2.75, 3.05) is 9.80 Å². The van der Waals surface area contributed by atoms with Crippen molar-refractivity contribution in [1.82, 2.24) is 0 Å². The van der Waals surface area contributed by atoms with Gasteiger partial charge in [0.2, 0.25) is 0 Å². The molecule has 0 fully saturated rings. The van der Waals surface area contributed by atoms with Crippen molar-refractivity contribution in [3.8, 4) is 0 Å². The SMILES string of the molecule is CC(C)N1C=C(N)C(=O)N(C(C)C)c2ccccc21. The van der Waals surface area contributed by atoms with Crippen molar-refractivity contribution in [3.05, 3.63) is 36.2 Å². The third kappa shape index (κ3) is 2.30. The largest absolute Gasteiger partial charge is 0.393 e. The Morgan fingerprint density at radius 1 is 1.00 bits per heavy atom. The fourth-order valence-corrected chi connectivity index (χ4v) is 2.35. The summed E-state index contributed by atoms with van der Waals surface area (Å²) in [7, 11) is 0. The third-order valence-corrected chi connectivity index (χ3v) is 3.24. The predicted molar refractivity (Wildman–Crippen MR) is 78.9 cm³/mol. The second-order valence-electron chi connectivity index (χ2n) is 5.34. The van der Waals surface area contributed by atoms with Crippen LogP contribution in [0.25, 0.3) is 0 Å². The van der Waals surface area contributed by atoms with Crippen LogP contribution in [-0.2, 0) is 4.79 Å². The van der Waals surface area contributed by atoms with Gasteiger partial charge in [0, 0.05) is 18.3 Å². The minimum absolute atomic E-state index is 0.0627. The molecular weight excluding hydrogens is 238 g/mol. The lowest BCUT2D eigenvalue weighted by Gasteiger charge is -2.30. The van der Waals surface area contributed by atoms with E-state index in [1.807, 2.05) is 43.0 Å². The lowest BCUT2D eigenvalue weighted by atomic mass is 10.2. The lowest BCUT2D eigenvalue weighted by Crippen LogP contribution is -2.39. The summed E-state index contributed by atoms with van der Waals surface area (Å²) < 4.78 is 0. The molecule has 0 unspecified atom stereocenters. The average Bonchev–Trinajstić information content (AvgIpc) is 2.46. The van der Waals surface area contributed by atoms with Gasteiger partial charge in [-0.25, -0.2) is 0 Å². The van der Waals surface area contributed by atoms with Crippen molar-refractivity contribution in [1.29, 1.82) is 0 Å². The zero-order valence-electron chi connectivity index (χ0n) is 11.9. The second kappa shape index (κ2) is 4.96. The maximum Gasteiger partial charge on any atom is 0.275 e. The van der Waals surface area contributed by atoms with Gasteiger partial charge in [0.15, 0.2) is 0 Å². The van der Waals surface area contributed by atoms with Gasteiger partial charge in [0.25, 0.3) is 5.91 Å². The molecule has 1 heterocycles. The van der Waals surface area contributed by atoms with E-state index in [0.29, 0.717) is 0 Å². The molecule has 1 aromatic rings. The summed E-state index contributed by atoms with van der Waals surface area (Å²) in [6, 6.07) is 8.21. The topological polar surface area (TPSA) is 49.6 Å². The second-order valence-corrected chi connectivity index (χ2v) is 5.34. The summed E-state index contributed by atoms with van der Waals surface area (Å²) in [6.45, 7) is 8.14. The first-order chi connectivity index (χ1) is 8.93. The summed E-state index contributed by atoms with van der Waals surface area (Å²) in [5, 5.41) is 0. The molecule has 0 saturated carbocycles. The maximum absolute atomic E-state index is 12.4. The molecule has 19 heavy (non-hydrogen) atoms. The third-order valence-electron chi connectivity index (χ3n) is 3.24. The number of nitrogens with zero attached hydrogens (tertiary/aromatic N) is 2. The van der Waals surface area contributed by atoms with E-state index in [1.54, 1.807) is 11.1 Å². The van der Waals surface area contributed by atoms with E-state index in [9.17, 15) is 4.79 Å². The van der Waals surface area contributed by atoms with E-state index >= 15 is 0 Å². The van der Waals surface area contributed by atoms with Gasteiger partial charge < -0.3 is 15.5 Å². The van der Waals surface area contributed by atoms with Crippen LogP contribution in [0.4, 0.5) is 11.4 Å². The fraction of sp³-hybridized carbons (Fsp3) is 0.400. The van der Waals surface area contributed by atoms with E-state index in [2.05, 4.69) is 13.8 Å². The Hall–Kier alpha value is -1.97. The Bertz CT molecular complexity index is 520. The summed E-state index contributed by atoms with van der Waals surface area (Å²) in [4.78, 5) is 16.2. The maximum atomic E-state index is 12.4. The van der Waals surface area contributed by atoms with Gasteiger partial charge in [0.1, 0.15) is 5.70 Å². The normalized spacial score (nSPS) is 15.7. The van der Waals surface area contributed by atoms with Crippen molar-refractivity contribution in [2.24, 2.45) is 5.73 Å². The molecule has 0 atom stereocenters. The van der Waals surface area contributed by atoms with Crippen LogP contribution in [0.2, 0.25) is 0 Å². The van der Waals surface area contributed by atoms with E-state index in [4.69, 9.17) is 5.73 Å². The van der Waals surface area contributed by atoms with Crippen LogP contribution < -0.4 is 15.5 Å². The monoisotopic (exact) mass is 259 g/mol. The summed E-state index contributed by atoms with van der Waals surface area (Å²) in [5.41, 5.74) is 8.14. The van der Waals surface area contributed by atoms with Crippen LogP contribution in [-0.4, -0.2) is 18.0 Å². The molecule has 1 aromatic carbocycles. The molecule has 4 nitrogen and oxygen atoms in total. The van der Waals surface area contributed by atoms with Crippen LogP contribution in [0.5, 0.6) is 0 Å². The highest BCUT2D eigenvalue weighted by molar-refractivity contribution is 6.08. The Balaban J connectivity index is 2.66. The Labute approximate surface area is 114 Å². The van der Waals surface area contributed by atoms with Gasteiger partial charge in [-0.1, -0.05) is 12.1 Å². The Kier molecular flexibility index (Phi) is 3.51. The molecule has 1 amide bonds. The number of anilines is 2. The van der Waals surface area contributed by atoms with Crippen LogP contribution >= 0.6 is 0 Å². The number of benzene rings is 1. The molecule has 0 saturated heterocycles.